The van der Waals surface area contributed by atoms with Crippen molar-refractivity contribution in [2.24, 2.45) is 5.92 Å². The molecule has 31 heavy (non-hydrogen) atoms. The molecule has 0 unspecified atom stereocenters. The van der Waals surface area contributed by atoms with Crippen molar-refractivity contribution in [1.29, 1.82) is 0 Å². The Bertz CT molecular complexity index is 826. The topological polar surface area (TPSA) is 9.23 Å². The second-order valence-electron chi connectivity index (χ2n) is 8.78. The molecule has 0 radical (unpaired) electrons. The minimum absolute atomic E-state index is 0.202. The van der Waals surface area contributed by atoms with E-state index in [0.717, 1.165) is 22.6 Å². The summed E-state index contributed by atoms with van der Waals surface area (Å²) in [5.74, 6) is 1.38. The number of hydrogen-bond acceptors (Lipinski definition) is 1. The molecule has 0 atom stereocenters. The molecule has 1 aliphatic rings. The van der Waals surface area contributed by atoms with Crippen molar-refractivity contribution < 1.29 is 17.9 Å². The van der Waals surface area contributed by atoms with Gasteiger partial charge in [0.1, 0.15) is 5.75 Å². The summed E-state index contributed by atoms with van der Waals surface area (Å²) in [6.45, 7) is 4.29. The van der Waals surface area contributed by atoms with E-state index in [9.17, 15) is 13.2 Å². The lowest BCUT2D eigenvalue weighted by atomic mass is 9.77. The molecule has 0 N–H and O–H groups in total. The van der Waals surface area contributed by atoms with Crippen LogP contribution in [-0.4, -0.2) is 6.36 Å². The van der Waals surface area contributed by atoms with Gasteiger partial charge in [-0.25, -0.2) is 0 Å². The van der Waals surface area contributed by atoms with Crippen LogP contribution in [0.25, 0.3) is 11.6 Å². The largest absolute Gasteiger partial charge is 0.573 e. The van der Waals surface area contributed by atoms with Crippen molar-refractivity contribution in [3.8, 4) is 5.75 Å². The van der Waals surface area contributed by atoms with E-state index in [1.165, 1.54) is 69.1 Å². The van der Waals surface area contributed by atoms with Gasteiger partial charge >= 0.3 is 6.36 Å². The molecular formula is C27H33F3O. The van der Waals surface area contributed by atoms with Crippen LogP contribution >= 0.6 is 0 Å². The van der Waals surface area contributed by atoms with E-state index in [-0.39, 0.29) is 5.75 Å². The number of alkyl halides is 3. The molecule has 168 valence electrons. The van der Waals surface area contributed by atoms with E-state index in [2.05, 4.69) is 35.9 Å². The maximum atomic E-state index is 12.3. The quantitative estimate of drug-likeness (QED) is 0.300. The van der Waals surface area contributed by atoms with Gasteiger partial charge in [-0.15, -0.1) is 13.2 Å². The van der Waals surface area contributed by atoms with Crippen LogP contribution in [0.1, 0.15) is 87.8 Å². The first-order valence-electron chi connectivity index (χ1n) is 11.5. The Morgan fingerprint density at radius 2 is 1.58 bits per heavy atom. The highest BCUT2D eigenvalue weighted by Gasteiger charge is 2.30. The zero-order valence-corrected chi connectivity index (χ0v) is 18.5. The van der Waals surface area contributed by atoms with Crippen LogP contribution in [0.15, 0.2) is 48.5 Å². The van der Waals surface area contributed by atoms with Gasteiger partial charge in [0.2, 0.25) is 0 Å². The van der Waals surface area contributed by atoms with Gasteiger partial charge in [-0.05, 0) is 78.8 Å². The first-order valence-corrected chi connectivity index (χ1v) is 11.5. The predicted octanol–water partition coefficient (Wildman–Crippen LogP) is 9.00. The second-order valence-corrected chi connectivity index (χ2v) is 8.78. The molecule has 1 nitrogen and oxygen atoms in total. The standard InChI is InChI=1S/C27H33F3O/c1-3-4-5-6-21-7-11-24(12-8-21)25-15-13-23(14-16-25)20(2)19-22-9-17-26(18-10-22)31-27(28,29)30/h9-10,13-19,21,24H,3-8,11-12H2,1-2H3. The predicted molar refractivity (Wildman–Crippen MR) is 122 cm³/mol. The van der Waals surface area contributed by atoms with Crippen molar-refractivity contribution in [3.05, 3.63) is 65.2 Å². The maximum absolute atomic E-state index is 12.3. The third-order valence-electron chi connectivity index (χ3n) is 6.40. The Kier molecular flexibility index (Phi) is 8.22. The third-order valence-corrected chi connectivity index (χ3v) is 6.40. The van der Waals surface area contributed by atoms with Crippen molar-refractivity contribution in [1.82, 2.24) is 0 Å². The van der Waals surface area contributed by atoms with Crippen LogP contribution in [0.2, 0.25) is 0 Å². The number of allylic oxidation sites excluding steroid dienone is 1. The van der Waals surface area contributed by atoms with Gasteiger partial charge in [-0.1, -0.05) is 75.1 Å². The van der Waals surface area contributed by atoms with E-state index < -0.39 is 6.36 Å². The number of halogens is 3. The van der Waals surface area contributed by atoms with Gasteiger partial charge in [-0.3, -0.25) is 0 Å². The number of unbranched alkanes of at least 4 members (excludes halogenated alkanes) is 2. The SMILES string of the molecule is CCCCCC1CCC(c2ccc(C(C)=Cc3ccc(OC(F)(F)F)cc3)cc2)CC1. The lowest BCUT2D eigenvalue weighted by Gasteiger charge is -2.29. The van der Waals surface area contributed by atoms with Gasteiger partial charge in [0.05, 0.1) is 0 Å². The fraction of sp³-hybridized carbons (Fsp3) is 0.481. The van der Waals surface area contributed by atoms with Crippen LogP contribution in [0.5, 0.6) is 5.75 Å². The van der Waals surface area contributed by atoms with Crippen LogP contribution in [0, 0.1) is 5.92 Å². The highest BCUT2D eigenvalue weighted by atomic mass is 19.4. The molecule has 0 saturated heterocycles. The Morgan fingerprint density at radius 3 is 2.16 bits per heavy atom. The number of ether oxygens (including phenoxy) is 1. The zero-order valence-electron chi connectivity index (χ0n) is 18.5. The molecule has 0 aromatic heterocycles. The summed E-state index contributed by atoms with van der Waals surface area (Å²) in [7, 11) is 0. The number of rotatable bonds is 8. The van der Waals surface area contributed by atoms with Crippen LogP contribution in [-0.2, 0) is 0 Å². The molecule has 1 fully saturated rings. The van der Waals surface area contributed by atoms with Gasteiger partial charge in [0, 0.05) is 0 Å². The average Bonchev–Trinajstić information content (AvgIpc) is 2.75. The molecular weight excluding hydrogens is 397 g/mol. The summed E-state index contributed by atoms with van der Waals surface area (Å²) in [6.07, 6.45) is 8.03. The summed E-state index contributed by atoms with van der Waals surface area (Å²) in [5, 5.41) is 0. The highest BCUT2D eigenvalue weighted by molar-refractivity contribution is 5.80. The lowest BCUT2D eigenvalue weighted by molar-refractivity contribution is -0.274. The first kappa shape index (κ1) is 23.4. The summed E-state index contributed by atoms with van der Waals surface area (Å²) in [4.78, 5) is 0. The fourth-order valence-corrected chi connectivity index (χ4v) is 4.58. The summed E-state index contributed by atoms with van der Waals surface area (Å²) in [5.41, 5.74) is 4.48. The molecule has 3 rings (SSSR count). The van der Waals surface area contributed by atoms with Crippen molar-refractivity contribution in [2.75, 3.05) is 0 Å². The van der Waals surface area contributed by atoms with E-state index >= 15 is 0 Å². The Morgan fingerprint density at radius 1 is 0.935 bits per heavy atom. The Labute approximate surface area is 184 Å². The Hall–Kier alpha value is -2.23. The van der Waals surface area contributed by atoms with Crippen LogP contribution in [0.3, 0.4) is 0 Å². The molecule has 2 aromatic carbocycles. The van der Waals surface area contributed by atoms with E-state index in [4.69, 9.17) is 0 Å². The summed E-state index contributed by atoms with van der Waals surface area (Å²) < 4.78 is 40.8. The van der Waals surface area contributed by atoms with Gasteiger partial charge in [0.25, 0.3) is 0 Å². The van der Waals surface area contributed by atoms with E-state index in [1.807, 2.05) is 13.0 Å². The van der Waals surface area contributed by atoms with Crippen LogP contribution < -0.4 is 4.74 Å². The van der Waals surface area contributed by atoms with E-state index in [1.54, 1.807) is 12.1 Å². The molecule has 2 aromatic rings. The van der Waals surface area contributed by atoms with Crippen molar-refractivity contribution in [3.63, 3.8) is 0 Å². The number of benzene rings is 2. The monoisotopic (exact) mass is 430 g/mol. The highest BCUT2D eigenvalue weighted by Crippen LogP contribution is 2.38. The summed E-state index contributed by atoms with van der Waals surface area (Å²) >= 11 is 0. The molecule has 0 bridgehead atoms. The molecule has 0 heterocycles. The van der Waals surface area contributed by atoms with Crippen molar-refractivity contribution in [2.45, 2.75) is 77.5 Å². The first-order chi connectivity index (χ1) is 14.8. The van der Waals surface area contributed by atoms with Crippen LogP contribution in [0.4, 0.5) is 13.2 Å². The van der Waals surface area contributed by atoms with Gasteiger partial charge in [0.15, 0.2) is 0 Å². The fourth-order valence-electron chi connectivity index (χ4n) is 4.58. The second kappa shape index (κ2) is 10.9. The molecule has 1 saturated carbocycles. The molecule has 0 amide bonds. The number of hydrogen-bond donors (Lipinski definition) is 0. The minimum atomic E-state index is -4.66. The van der Waals surface area contributed by atoms with Gasteiger partial charge < -0.3 is 4.74 Å². The smallest absolute Gasteiger partial charge is 0.406 e. The molecule has 4 heteroatoms. The van der Waals surface area contributed by atoms with Crippen molar-refractivity contribution >= 4 is 11.6 Å². The molecule has 0 spiro atoms. The minimum Gasteiger partial charge on any atom is -0.406 e. The normalized spacial score (nSPS) is 20.0. The third kappa shape index (κ3) is 7.45. The Balaban J connectivity index is 1.56. The average molecular weight is 431 g/mol. The lowest BCUT2D eigenvalue weighted by Crippen LogP contribution is -2.16. The maximum Gasteiger partial charge on any atom is 0.573 e. The van der Waals surface area contributed by atoms with Gasteiger partial charge in [-0.2, -0.15) is 0 Å². The molecule has 1 aliphatic carbocycles. The molecule has 0 aliphatic heterocycles. The van der Waals surface area contributed by atoms with E-state index in [0.29, 0.717) is 5.92 Å². The zero-order chi connectivity index (χ0) is 22.3. The summed E-state index contributed by atoms with van der Waals surface area (Å²) in [6, 6.07) is 14.8.